The van der Waals surface area contributed by atoms with Crippen LogP contribution in [-0.4, -0.2) is 115 Å². The molecule has 2 fully saturated rings. The highest BCUT2D eigenvalue weighted by Gasteiger charge is 2.54. The summed E-state index contributed by atoms with van der Waals surface area (Å²) in [5.41, 5.74) is 0. The zero-order valence-electron chi connectivity index (χ0n) is 42.0. The van der Waals surface area contributed by atoms with Crippen molar-refractivity contribution >= 4 is 27.6 Å². The van der Waals surface area contributed by atoms with E-state index in [4.69, 9.17) is 23.3 Å². The third-order valence-electron chi connectivity index (χ3n) is 10.9. The summed E-state index contributed by atoms with van der Waals surface area (Å²) in [5.74, 6) is -1.36. The Kier molecular flexibility index (Phi) is 34.8. The third kappa shape index (κ3) is 31.8. The Morgan fingerprint density at radius 1 is 0.500 bits per heavy atom. The van der Waals surface area contributed by atoms with E-state index < -0.39 is 83.5 Å². The second-order valence-corrected chi connectivity index (χ2v) is 19.8. The predicted molar refractivity (Wildman–Crippen MR) is 277 cm³/mol. The van der Waals surface area contributed by atoms with Gasteiger partial charge in [-0.2, -0.15) is 0 Å². The number of phosphoric ester groups is 2. The lowest BCUT2D eigenvalue weighted by Crippen LogP contribution is -2.64. The Bertz CT molecular complexity index is 1910. The van der Waals surface area contributed by atoms with Crippen LogP contribution in [0.15, 0.2) is 122 Å². The molecule has 0 bridgehead atoms. The van der Waals surface area contributed by atoms with Crippen molar-refractivity contribution in [3.8, 4) is 0 Å². The van der Waals surface area contributed by atoms with E-state index in [2.05, 4.69) is 116 Å². The van der Waals surface area contributed by atoms with Gasteiger partial charge in [-0.15, -0.1) is 0 Å². The molecule has 0 radical (unpaired) electrons. The van der Waals surface area contributed by atoms with Gasteiger partial charge in [0.25, 0.3) is 0 Å². The number of hydrogen-bond donors (Lipinski definition) is 7. The van der Waals surface area contributed by atoms with Crippen molar-refractivity contribution in [2.24, 2.45) is 0 Å². The molecule has 10 atom stereocenters. The first-order valence-electron chi connectivity index (χ1n) is 25.2. The number of rotatable bonds is 39. The minimum absolute atomic E-state index is 0.0213. The van der Waals surface area contributed by atoms with Crippen LogP contribution < -0.4 is 0 Å². The maximum Gasteiger partial charge on any atom is 0.472 e. The van der Waals surface area contributed by atoms with E-state index in [9.17, 15) is 53.8 Å². The highest BCUT2D eigenvalue weighted by atomic mass is 31.2. The molecule has 7 N–H and O–H groups in total. The molecule has 2 rings (SSSR count). The quantitative estimate of drug-likeness (QED) is 0.00993. The Labute approximate surface area is 426 Å². The van der Waals surface area contributed by atoms with E-state index in [1.165, 1.54) is 0 Å². The maximum absolute atomic E-state index is 13.0. The summed E-state index contributed by atoms with van der Waals surface area (Å²) >= 11 is 0. The van der Waals surface area contributed by atoms with Gasteiger partial charge in [-0.05, 0) is 96.3 Å². The number of ether oxygens (including phenoxy) is 3. The number of aliphatic hydroxyl groups excluding tert-OH is 4. The van der Waals surface area contributed by atoms with Crippen molar-refractivity contribution in [2.75, 3.05) is 13.2 Å². The molecule has 7 unspecified atom stereocenters. The van der Waals surface area contributed by atoms with E-state index in [1.807, 2.05) is 24.3 Å². The SMILES string of the molecule is CC/C=C\C/C=C\C/C=C\C/C=C\C/C=C\CCCCCC(=O)O[C@H](COC(=O)CC/C=C\C/C=C\C/C=C\C/C=C\CC1OC1C/C=C\CC)COP(=O)(O)O[C@H]1C(O)C(O)C(O)[C@@H](OP(=O)(O)O)C1O. The molecule has 0 aromatic rings. The van der Waals surface area contributed by atoms with E-state index in [0.717, 1.165) is 77.0 Å². The van der Waals surface area contributed by atoms with E-state index in [-0.39, 0.29) is 12.8 Å². The number of aliphatic hydroxyl groups is 4. The second-order valence-electron chi connectivity index (χ2n) is 17.2. The van der Waals surface area contributed by atoms with Crippen LogP contribution in [0.5, 0.6) is 0 Å². The fourth-order valence-corrected chi connectivity index (χ4v) is 8.54. The van der Waals surface area contributed by atoms with Gasteiger partial charge < -0.3 is 49.3 Å². The van der Waals surface area contributed by atoms with Crippen molar-refractivity contribution in [3.05, 3.63) is 122 Å². The second kappa shape index (κ2) is 38.9. The van der Waals surface area contributed by atoms with Crippen LogP contribution in [0.2, 0.25) is 0 Å². The van der Waals surface area contributed by atoms with Gasteiger partial charge in [0.2, 0.25) is 0 Å². The summed E-state index contributed by atoms with van der Waals surface area (Å²) in [6, 6.07) is 0. The number of hydrogen-bond acceptors (Lipinski definition) is 14. The topological polar surface area (TPSA) is 269 Å². The lowest BCUT2D eigenvalue weighted by atomic mass is 9.85. The lowest BCUT2D eigenvalue weighted by molar-refractivity contribution is -0.216. The van der Waals surface area contributed by atoms with Crippen molar-refractivity contribution in [3.63, 3.8) is 0 Å². The van der Waals surface area contributed by atoms with Gasteiger partial charge in [0.1, 0.15) is 43.2 Å². The summed E-state index contributed by atoms with van der Waals surface area (Å²) in [4.78, 5) is 54.4. The minimum atomic E-state index is -5.39. The molecular formula is C53H82O17P2. The van der Waals surface area contributed by atoms with Gasteiger partial charge in [0, 0.05) is 12.8 Å². The molecule has 1 aliphatic carbocycles. The molecule has 0 aromatic heterocycles. The van der Waals surface area contributed by atoms with Crippen LogP contribution in [0.3, 0.4) is 0 Å². The number of allylic oxidation sites excluding steroid dienone is 18. The summed E-state index contributed by atoms with van der Waals surface area (Å²) in [6.45, 7) is 2.78. The van der Waals surface area contributed by atoms with Crippen molar-refractivity contribution in [1.29, 1.82) is 0 Å². The molecule has 1 aliphatic heterocycles. The van der Waals surface area contributed by atoms with Crippen molar-refractivity contribution in [2.45, 2.75) is 184 Å². The number of carbonyl (C=O) groups excluding carboxylic acids is 2. The Balaban J connectivity index is 1.81. The summed E-state index contributed by atoms with van der Waals surface area (Å²) in [7, 11) is -10.7. The molecular weight excluding hydrogens is 971 g/mol. The van der Waals surface area contributed by atoms with E-state index >= 15 is 0 Å². The molecule has 1 saturated heterocycles. The van der Waals surface area contributed by atoms with Gasteiger partial charge in [-0.3, -0.25) is 23.2 Å². The first-order chi connectivity index (χ1) is 34.6. The molecule has 0 amide bonds. The fourth-order valence-electron chi connectivity index (χ4n) is 7.00. The van der Waals surface area contributed by atoms with Gasteiger partial charge in [0.15, 0.2) is 6.10 Å². The minimum Gasteiger partial charge on any atom is -0.462 e. The van der Waals surface area contributed by atoms with Crippen molar-refractivity contribution in [1.82, 2.24) is 0 Å². The zero-order chi connectivity index (χ0) is 52.9. The van der Waals surface area contributed by atoms with Gasteiger partial charge in [-0.25, -0.2) is 9.13 Å². The van der Waals surface area contributed by atoms with Gasteiger partial charge >= 0.3 is 27.6 Å². The number of esters is 2. The zero-order valence-corrected chi connectivity index (χ0v) is 43.8. The highest BCUT2D eigenvalue weighted by molar-refractivity contribution is 7.47. The Hall–Kier alpha value is -3.64. The number of unbranched alkanes of at least 4 members (excludes halogenated alkanes) is 3. The summed E-state index contributed by atoms with van der Waals surface area (Å²) < 4.78 is 55.0. The van der Waals surface area contributed by atoms with Crippen LogP contribution in [0.25, 0.3) is 0 Å². The predicted octanol–water partition coefficient (Wildman–Crippen LogP) is 9.27. The fraction of sp³-hybridized carbons (Fsp3) is 0.585. The van der Waals surface area contributed by atoms with Crippen LogP contribution >= 0.6 is 15.6 Å². The Morgan fingerprint density at radius 3 is 1.46 bits per heavy atom. The number of phosphoric acid groups is 2. The average molecular weight is 1050 g/mol. The first kappa shape index (κ1) is 64.5. The molecule has 19 heteroatoms. The molecule has 0 spiro atoms. The van der Waals surface area contributed by atoms with Gasteiger partial charge in [-0.1, -0.05) is 142 Å². The number of carbonyl (C=O) groups is 2. The molecule has 72 heavy (non-hydrogen) atoms. The smallest absolute Gasteiger partial charge is 0.462 e. The molecule has 2 aliphatic rings. The molecule has 1 heterocycles. The lowest BCUT2D eigenvalue weighted by Gasteiger charge is -2.43. The normalized spacial score (nSPS) is 24.6. The van der Waals surface area contributed by atoms with Crippen LogP contribution in [0.4, 0.5) is 0 Å². The molecule has 1 saturated carbocycles. The third-order valence-corrected chi connectivity index (χ3v) is 12.4. The summed E-state index contributed by atoms with van der Waals surface area (Å²) in [6.07, 6.45) is 40.5. The first-order valence-corrected chi connectivity index (χ1v) is 28.2. The van der Waals surface area contributed by atoms with Crippen LogP contribution in [-0.2, 0) is 46.5 Å². The van der Waals surface area contributed by atoms with Crippen molar-refractivity contribution < 1.29 is 81.6 Å². The highest BCUT2D eigenvalue weighted by Crippen LogP contribution is 2.49. The Morgan fingerprint density at radius 2 is 0.944 bits per heavy atom. The standard InChI is InChI=1S/C53H82O17P2/c1-3-5-7-8-9-10-11-12-13-14-15-16-17-18-23-26-29-32-36-40-47(55)67-43(42-66-72(63,64)70-53-50(58)48(56)49(57)52(51(53)59)69-71(60,61)62)41-65-46(54)39-35-31-28-25-22-20-19-21-24-27-30-34-38-45-44(68-45)37-33-6-4-2/h5-7,9-10,12-13,15-16,18,20-24,28,30-31,33-34,43-45,48-53,56-59H,3-4,8,11,14,17,19,25-27,29,32,35-42H2,1-2H3,(H,63,64)(H2,60,61,62)/b7-5-,10-9-,13-12-,16-15-,22-20-,23-18-,24-21-,31-28-,33-6-,34-30-/t43-,44?,45?,48?,49?,50?,51?,52-,53+/m1/s1. The average Bonchev–Trinajstić information content (AvgIpc) is 4.10. The van der Waals surface area contributed by atoms with Crippen LogP contribution in [0.1, 0.15) is 129 Å². The molecule has 406 valence electrons. The van der Waals surface area contributed by atoms with Crippen LogP contribution in [0, 0.1) is 0 Å². The molecule has 17 nitrogen and oxygen atoms in total. The summed E-state index contributed by atoms with van der Waals surface area (Å²) in [5, 5.41) is 41.3. The van der Waals surface area contributed by atoms with E-state index in [1.54, 1.807) is 0 Å². The number of epoxide rings is 1. The van der Waals surface area contributed by atoms with Gasteiger partial charge in [0.05, 0.1) is 18.8 Å². The monoisotopic (exact) mass is 1050 g/mol. The molecule has 0 aromatic carbocycles. The maximum atomic E-state index is 13.0. The largest absolute Gasteiger partial charge is 0.472 e. The van der Waals surface area contributed by atoms with E-state index in [0.29, 0.717) is 37.9 Å².